The zero-order valence-electron chi connectivity index (χ0n) is 8.99. The summed E-state index contributed by atoms with van der Waals surface area (Å²) >= 11 is 11.4. The second-order valence-electron chi connectivity index (χ2n) is 3.42. The standard InChI is InChI=1S/C10H6Cl2FN3O2/c1-16-9(10(17)18)6(12)8(15-16)7-5(13)2-4(11)3-14-7/h2-3H,1H3,(H,17,18). The highest BCUT2D eigenvalue weighted by Crippen LogP contribution is 2.30. The van der Waals surface area contributed by atoms with Crippen molar-refractivity contribution in [1.82, 2.24) is 14.8 Å². The molecular weight excluding hydrogens is 284 g/mol. The second-order valence-corrected chi connectivity index (χ2v) is 4.24. The number of rotatable bonds is 2. The Labute approximate surface area is 111 Å². The van der Waals surface area contributed by atoms with Gasteiger partial charge in [-0.2, -0.15) is 5.10 Å². The molecule has 0 aliphatic carbocycles. The smallest absolute Gasteiger partial charge is 0.355 e. The van der Waals surface area contributed by atoms with Gasteiger partial charge in [0.05, 0.1) is 5.02 Å². The Balaban J connectivity index is 2.65. The van der Waals surface area contributed by atoms with Crippen molar-refractivity contribution in [3.8, 4) is 11.4 Å². The minimum atomic E-state index is -1.25. The predicted molar refractivity (Wildman–Crippen MR) is 63.4 cm³/mol. The average molecular weight is 290 g/mol. The van der Waals surface area contributed by atoms with Crippen LogP contribution < -0.4 is 0 Å². The Morgan fingerprint density at radius 1 is 1.44 bits per heavy atom. The topological polar surface area (TPSA) is 68.0 Å². The summed E-state index contributed by atoms with van der Waals surface area (Å²) in [6.07, 6.45) is 1.23. The summed E-state index contributed by atoms with van der Waals surface area (Å²) in [6.45, 7) is 0. The summed E-state index contributed by atoms with van der Waals surface area (Å²) in [5.41, 5.74) is -0.416. The van der Waals surface area contributed by atoms with Gasteiger partial charge in [-0.15, -0.1) is 0 Å². The maximum atomic E-state index is 13.7. The molecule has 2 heterocycles. The van der Waals surface area contributed by atoms with Crippen LogP contribution >= 0.6 is 23.2 Å². The van der Waals surface area contributed by atoms with Crippen molar-refractivity contribution < 1.29 is 14.3 Å². The highest BCUT2D eigenvalue weighted by atomic mass is 35.5. The van der Waals surface area contributed by atoms with Gasteiger partial charge in [0.15, 0.2) is 11.5 Å². The molecule has 0 aliphatic heterocycles. The molecule has 0 atom stereocenters. The van der Waals surface area contributed by atoms with Crippen molar-refractivity contribution in [3.05, 3.63) is 33.8 Å². The minimum Gasteiger partial charge on any atom is -0.476 e. The van der Waals surface area contributed by atoms with Gasteiger partial charge >= 0.3 is 5.97 Å². The first-order chi connectivity index (χ1) is 8.41. The van der Waals surface area contributed by atoms with Crippen LogP contribution in [0.4, 0.5) is 4.39 Å². The van der Waals surface area contributed by atoms with Crippen LogP contribution in [0.5, 0.6) is 0 Å². The molecule has 0 fully saturated rings. The number of aromatic nitrogens is 3. The number of aromatic carboxylic acids is 1. The van der Waals surface area contributed by atoms with Gasteiger partial charge in [0.25, 0.3) is 0 Å². The maximum Gasteiger partial charge on any atom is 0.355 e. The molecule has 0 aromatic carbocycles. The number of nitrogens with zero attached hydrogens (tertiary/aromatic N) is 3. The molecule has 18 heavy (non-hydrogen) atoms. The molecule has 2 aromatic heterocycles. The maximum absolute atomic E-state index is 13.7. The van der Waals surface area contributed by atoms with E-state index < -0.39 is 11.8 Å². The number of carboxylic acids is 1. The van der Waals surface area contributed by atoms with Crippen molar-refractivity contribution >= 4 is 29.2 Å². The summed E-state index contributed by atoms with van der Waals surface area (Å²) in [5.74, 6) is -1.98. The van der Waals surface area contributed by atoms with E-state index in [1.54, 1.807) is 0 Å². The highest BCUT2D eigenvalue weighted by Gasteiger charge is 2.23. The summed E-state index contributed by atoms with van der Waals surface area (Å²) in [5, 5.41) is 12.7. The van der Waals surface area contributed by atoms with E-state index in [1.165, 1.54) is 13.2 Å². The quantitative estimate of drug-likeness (QED) is 0.923. The zero-order chi connectivity index (χ0) is 13.4. The lowest BCUT2D eigenvalue weighted by Crippen LogP contribution is -2.05. The van der Waals surface area contributed by atoms with Crippen LogP contribution in [-0.4, -0.2) is 25.8 Å². The van der Waals surface area contributed by atoms with E-state index >= 15 is 0 Å². The lowest BCUT2D eigenvalue weighted by molar-refractivity contribution is 0.0685. The van der Waals surface area contributed by atoms with Crippen molar-refractivity contribution in [3.63, 3.8) is 0 Å². The van der Waals surface area contributed by atoms with Crippen molar-refractivity contribution in [1.29, 1.82) is 0 Å². The summed E-state index contributed by atoms with van der Waals surface area (Å²) in [6, 6.07) is 1.05. The van der Waals surface area contributed by atoms with Gasteiger partial charge < -0.3 is 5.11 Å². The van der Waals surface area contributed by atoms with Crippen molar-refractivity contribution in [2.24, 2.45) is 7.05 Å². The third kappa shape index (κ3) is 2.04. The van der Waals surface area contributed by atoms with Crippen LogP contribution in [0.2, 0.25) is 10.0 Å². The zero-order valence-corrected chi connectivity index (χ0v) is 10.5. The largest absolute Gasteiger partial charge is 0.476 e. The van der Waals surface area contributed by atoms with E-state index in [-0.39, 0.29) is 27.1 Å². The third-order valence-corrected chi connectivity index (χ3v) is 2.79. The number of hydrogen-bond acceptors (Lipinski definition) is 3. The van der Waals surface area contributed by atoms with E-state index in [1.807, 2.05) is 0 Å². The Hall–Kier alpha value is -1.66. The van der Waals surface area contributed by atoms with Gasteiger partial charge in [0.2, 0.25) is 0 Å². The fourth-order valence-corrected chi connectivity index (χ4v) is 1.95. The van der Waals surface area contributed by atoms with Gasteiger partial charge in [0, 0.05) is 13.2 Å². The minimum absolute atomic E-state index is 0.0364. The van der Waals surface area contributed by atoms with Gasteiger partial charge in [-0.1, -0.05) is 23.2 Å². The number of pyridine rings is 1. The predicted octanol–water partition coefficient (Wildman–Crippen LogP) is 2.63. The summed E-state index contributed by atoms with van der Waals surface area (Å²) in [4.78, 5) is 14.7. The monoisotopic (exact) mass is 289 g/mol. The molecule has 94 valence electrons. The van der Waals surface area contributed by atoms with Crippen molar-refractivity contribution in [2.45, 2.75) is 0 Å². The normalized spacial score (nSPS) is 10.7. The van der Waals surface area contributed by atoms with Gasteiger partial charge in [0.1, 0.15) is 16.4 Å². The number of carboxylic acid groups (broad SMARTS) is 1. The first-order valence-electron chi connectivity index (χ1n) is 4.69. The molecule has 0 unspecified atom stereocenters. The van der Waals surface area contributed by atoms with E-state index in [0.29, 0.717) is 0 Å². The Bertz CT molecular complexity index is 642. The first-order valence-corrected chi connectivity index (χ1v) is 5.44. The van der Waals surface area contributed by atoms with Crippen molar-refractivity contribution in [2.75, 3.05) is 0 Å². The van der Waals surface area contributed by atoms with E-state index in [0.717, 1.165) is 10.7 Å². The van der Waals surface area contributed by atoms with E-state index in [4.69, 9.17) is 28.3 Å². The molecule has 0 saturated carbocycles. The molecule has 2 rings (SSSR count). The SMILES string of the molecule is Cn1nc(-c2ncc(Cl)cc2F)c(Cl)c1C(=O)O. The number of aryl methyl sites for hydroxylation is 1. The fourth-order valence-electron chi connectivity index (χ4n) is 1.47. The fraction of sp³-hybridized carbons (Fsp3) is 0.100. The van der Waals surface area contributed by atoms with Crippen LogP contribution in [0.1, 0.15) is 10.5 Å². The molecule has 2 aromatic rings. The summed E-state index contributed by atoms with van der Waals surface area (Å²) < 4.78 is 14.7. The molecular formula is C10H6Cl2FN3O2. The molecule has 1 N–H and O–H groups in total. The van der Waals surface area contributed by atoms with Gasteiger partial charge in [-0.05, 0) is 6.07 Å². The van der Waals surface area contributed by atoms with Gasteiger partial charge in [-0.3, -0.25) is 4.68 Å². The van der Waals surface area contributed by atoms with E-state index in [9.17, 15) is 9.18 Å². The molecule has 0 aliphatic rings. The molecule has 0 bridgehead atoms. The molecule has 0 amide bonds. The number of hydrogen-bond donors (Lipinski definition) is 1. The second kappa shape index (κ2) is 4.55. The Morgan fingerprint density at radius 3 is 2.61 bits per heavy atom. The molecule has 0 radical (unpaired) electrons. The molecule has 0 saturated heterocycles. The number of halogens is 3. The lowest BCUT2D eigenvalue weighted by atomic mass is 10.2. The molecule has 8 heteroatoms. The van der Waals surface area contributed by atoms with Crippen LogP contribution in [0.15, 0.2) is 12.3 Å². The summed E-state index contributed by atoms with van der Waals surface area (Å²) in [7, 11) is 1.40. The Morgan fingerprint density at radius 2 is 2.11 bits per heavy atom. The molecule has 0 spiro atoms. The van der Waals surface area contributed by atoms with E-state index in [2.05, 4.69) is 10.1 Å². The van der Waals surface area contributed by atoms with Crippen LogP contribution in [0.3, 0.4) is 0 Å². The van der Waals surface area contributed by atoms with Crippen LogP contribution in [0.25, 0.3) is 11.4 Å². The first kappa shape index (κ1) is 12.8. The van der Waals surface area contributed by atoms with Crippen LogP contribution in [0, 0.1) is 5.82 Å². The number of carbonyl (C=O) groups is 1. The van der Waals surface area contributed by atoms with Gasteiger partial charge in [-0.25, -0.2) is 14.2 Å². The molecule has 5 nitrogen and oxygen atoms in total. The lowest BCUT2D eigenvalue weighted by Gasteiger charge is -1.99. The third-order valence-electron chi connectivity index (χ3n) is 2.22. The van der Waals surface area contributed by atoms with Crippen LogP contribution in [-0.2, 0) is 7.05 Å². The average Bonchev–Trinajstić information content (AvgIpc) is 2.54. The Kier molecular flexibility index (Phi) is 3.23. The highest BCUT2D eigenvalue weighted by molar-refractivity contribution is 6.35.